The molecule has 1 atom stereocenters. The van der Waals surface area contributed by atoms with E-state index in [0.717, 1.165) is 12.8 Å². The highest BCUT2D eigenvalue weighted by atomic mass is 32.2. The molecule has 0 bridgehead atoms. The number of nitrogens with zero attached hydrogens (tertiary/aromatic N) is 2. The fourth-order valence-corrected chi connectivity index (χ4v) is 2.89. The lowest BCUT2D eigenvalue weighted by Crippen LogP contribution is -2.52. The maximum absolute atomic E-state index is 11.9. The second-order valence-electron chi connectivity index (χ2n) is 5.03. The lowest BCUT2D eigenvalue weighted by molar-refractivity contribution is -0.132. The molecule has 0 spiro atoms. The van der Waals surface area contributed by atoms with Crippen molar-refractivity contribution in [3.8, 4) is 0 Å². The smallest absolute Gasteiger partial charge is 0.277 e. The zero-order valence-corrected chi connectivity index (χ0v) is 11.1. The zero-order valence-electron chi connectivity index (χ0n) is 10.3. The third kappa shape index (κ3) is 3.41. The summed E-state index contributed by atoms with van der Waals surface area (Å²) in [6.07, 6.45) is 2.60. The highest BCUT2D eigenvalue weighted by Gasteiger charge is 2.32. The molecule has 1 aliphatic heterocycles. The Morgan fingerprint density at radius 2 is 1.78 bits per heavy atom. The number of amides is 1. The first-order chi connectivity index (χ1) is 8.38. The number of carbonyl (C=O) groups is 1. The van der Waals surface area contributed by atoms with E-state index in [-0.39, 0.29) is 25.0 Å². The Balaban J connectivity index is 1.80. The van der Waals surface area contributed by atoms with Crippen molar-refractivity contribution in [2.75, 3.05) is 26.2 Å². The zero-order chi connectivity index (χ0) is 13.3. The molecular weight excluding hydrogens is 256 g/mol. The van der Waals surface area contributed by atoms with Crippen molar-refractivity contribution in [2.45, 2.75) is 25.3 Å². The van der Waals surface area contributed by atoms with E-state index in [4.69, 9.17) is 10.9 Å². The molecule has 1 aliphatic carbocycles. The van der Waals surface area contributed by atoms with Gasteiger partial charge in [-0.1, -0.05) is 0 Å². The number of carbonyl (C=O) groups excluding carboxylic acids is 1. The van der Waals surface area contributed by atoms with Gasteiger partial charge >= 0.3 is 0 Å². The summed E-state index contributed by atoms with van der Waals surface area (Å²) in [5, 5.41) is 5.04. The van der Waals surface area contributed by atoms with Gasteiger partial charge in [0.1, 0.15) is 0 Å². The molecule has 0 radical (unpaired) electrons. The van der Waals surface area contributed by atoms with E-state index in [9.17, 15) is 13.2 Å². The number of hydrogen-bond donors (Lipinski definition) is 2. The highest BCUT2D eigenvalue weighted by molar-refractivity contribution is 7.86. The predicted molar refractivity (Wildman–Crippen MR) is 66.6 cm³/mol. The van der Waals surface area contributed by atoms with Crippen LogP contribution in [-0.2, 0) is 15.0 Å². The molecule has 2 aliphatic rings. The van der Waals surface area contributed by atoms with Gasteiger partial charge in [-0.3, -0.25) is 4.79 Å². The molecule has 1 saturated carbocycles. The quantitative estimate of drug-likeness (QED) is 0.648. The van der Waals surface area contributed by atoms with Gasteiger partial charge in [-0.2, -0.15) is 12.7 Å². The molecule has 0 aromatic heterocycles. The predicted octanol–water partition coefficient (Wildman–Crippen LogP) is -1.54. The largest absolute Gasteiger partial charge is 0.340 e. The SMILES string of the molecule is NC(CC(=O)N1CCN(S(N)(=O)=O)CC1)C1CC1. The van der Waals surface area contributed by atoms with Crippen molar-refractivity contribution in [1.29, 1.82) is 0 Å². The summed E-state index contributed by atoms with van der Waals surface area (Å²) in [4.78, 5) is 13.6. The van der Waals surface area contributed by atoms with Gasteiger partial charge in [0.15, 0.2) is 0 Å². The van der Waals surface area contributed by atoms with E-state index in [1.165, 1.54) is 4.31 Å². The Morgan fingerprint density at radius 3 is 2.22 bits per heavy atom. The Hall–Kier alpha value is -0.700. The molecule has 7 nitrogen and oxygen atoms in total. The summed E-state index contributed by atoms with van der Waals surface area (Å²) in [5.74, 6) is 0.517. The van der Waals surface area contributed by atoms with Crippen LogP contribution in [0.2, 0.25) is 0 Å². The molecule has 104 valence electrons. The van der Waals surface area contributed by atoms with Crippen LogP contribution in [-0.4, -0.2) is 55.8 Å². The van der Waals surface area contributed by atoms with E-state index in [1.54, 1.807) is 4.90 Å². The van der Waals surface area contributed by atoms with E-state index in [2.05, 4.69) is 0 Å². The molecule has 0 aromatic carbocycles. The minimum absolute atomic E-state index is 0.0171. The van der Waals surface area contributed by atoms with E-state index in [1.807, 2.05) is 0 Å². The minimum Gasteiger partial charge on any atom is -0.340 e. The molecular formula is C10H20N4O3S. The molecule has 0 aromatic rings. The third-order valence-corrected chi connectivity index (χ3v) is 4.67. The Morgan fingerprint density at radius 1 is 1.22 bits per heavy atom. The van der Waals surface area contributed by atoms with Crippen LogP contribution in [0, 0.1) is 5.92 Å². The van der Waals surface area contributed by atoms with Crippen LogP contribution in [0.5, 0.6) is 0 Å². The van der Waals surface area contributed by atoms with E-state index < -0.39 is 10.2 Å². The van der Waals surface area contributed by atoms with Crippen molar-refractivity contribution < 1.29 is 13.2 Å². The van der Waals surface area contributed by atoms with Gasteiger partial charge in [-0.05, 0) is 18.8 Å². The Kier molecular flexibility index (Phi) is 3.90. The summed E-state index contributed by atoms with van der Waals surface area (Å²) >= 11 is 0. The average Bonchev–Trinajstić information content (AvgIpc) is 3.11. The highest BCUT2D eigenvalue weighted by Crippen LogP contribution is 2.33. The molecule has 1 saturated heterocycles. The van der Waals surface area contributed by atoms with Gasteiger partial charge in [-0.15, -0.1) is 0 Å². The summed E-state index contributed by atoms with van der Waals surface area (Å²) in [7, 11) is -3.63. The first-order valence-electron chi connectivity index (χ1n) is 6.19. The summed E-state index contributed by atoms with van der Waals surface area (Å²) in [6.45, 7) is 1.33. The lowest BCUT2D eigenvalue weighted by atomic mass is 10.1. The molecule has 18 heavy (non-hydrogen) atoms. The van der Waals surface area contributed by atoms with Crippen LogP contribution >= 0.6 is 0 Å². The van der Waals surface area contributed by atoms with Crippen molar-refractivity contribution in [1.82, 2.24) is 9.21 Å². The van der Waals surface area contributed by atoms with Gasteiger partial charge in [0.05, 0.1) is 0 Å². The molecule has 8 heteroatoms. The van der Waals surface area contributed by atoms with Gasteiger partial charge in [0, 0.05) is 38.6 Å². The molecule has 1 heterocycles. The second-order valence-corrected chi connectivity index (χ2v) is 6.58. The van der Waals surface area contributed by atoms with Gasteiger partial charge in [0.2, 0.25) is 5.91 Å². The molecule has 4 N–H and O–H groups in total. The van der Waals surface area contributed by atoms with Crippen LogP contribution in [0.1, 0.15) is 19.3 Å². The van der Waals surface area contributed by atoms with Crippen LogP contribution in [0.3, 0.4) is 0 Å². The van der Waals surface area contributed by atoms with Crippen molar-refractivity contribution >= 4 is 16.1 Å². The second kappa shape index (κ2) is 5.12. The first kappa shape index (κ1) is 13.7. The van der Waals surface area contributed by atoms with Gasteiger partial charge < -0.3 is 10.6 Å². The van der Waals surface area contributed by atoms with Crippen molar-refractivity contribution in [2.24, 2.45) is 16.8 Å². The maximum Gasteiger partial charge on any atom is 0.277 e. The van der Waals surface area contributed by atoms with Gasteiger partial charge in [-0.25, -0.2) is 5.14 Å². The third-order valence-electron chi connectivity index (χ3n) is 3.59. The summed E-state index contributed by atoms with van der Waals surface area (Å²) in [6, 6.07) is -0.0474. The molecule has 2 fully saturated rings. The van der Waals surface area contributed by atoms with Crippen LogP contribution < -0.4 is 10.9 Å². The van der Waals surface area contributed by atoms with Crippen LogP contribution in [0.15, 0.2) is 0 Å². The van der Waals surface area contributed by atoms with Crippen LogP contribution in [0.25, 0.3) is 0 Å². The van der Waals surface area contributed by atoms with Crippen molar-refractivity contribution in [3.05, 3.63) is 0 Å². The first-order valence-corrected chi connectivity index (χ1v) is 7.69. The topological polar surface area (TPSA) is 110 Å². The van der Waals surface area contributed by atoms with E-state index in [0.29, 0.717) is 25.4 Å². The monoisotopic (exact) mass is 276 g/mol. The molecule has 2 rings (SSSR count). The standard InChI is InChI=1S/C10H20N4O3S/c11-9(8-1-2-8)7-10(15)13-3-5-14(6-4-13)18(12,16)17/h8-9H,1-7,11H2,(H2,12,16,17). The lowest BCUT2D eigenvalue weighted by Gasteiger charge is -2.33. The Labute approximate surface area is 107 Å². The number of piperazine rings is 1. The fraction of sp³-hybridized carbons (Fsp3) is 0.900. The van der Waals surface area contributed by atoms with E-state index >= 15 is 0 Å². The average molecular weight is 276 g/mol. The fourth-order valence-electron chi connectivity index (χ4n) is 2.21. The Bertz CT molecular complexity index is 413. The number of hydrogen-bond acceptors (Lipinski definition) is 4. The summed E-state index contributed by atoms with van der Waals surface area (Å²) < 4.78 is 23.4. The minimum atomic E-state index is -3.63. The van der Waals surface area contributed by atoms with Crippen molar-refractivity contribution in [3.63, 3.8) is 0 Å². The normalized spacial score (nSPS) is 24.0. The van der Waals surface area contributed by atoms with Crippen LogP contribution in [0.4, 0.5) is 0 Å². The number of nitrogens with two attached hydrogens (primary N) is 2. The van der Waals surface area contributed by atoms with Gasteiger partial charge in [0.25, 0.3) is 10.2 Å². The summed E-state index contributed by atoms with van der Waals surface area (Å²) in [5.41, 5.74) is 5.91. The number of rotatable bonds is 4. The molecule has 1 unspecified atom stereocenters. The maximum atomic E-state index is 11.9. The molecule has 1 amide bonds.